The Bertz CT molecular complexity index is 360. The van der Waals surface area contributed by atoms with Crippen LogP contribution in [0.1, 0.15) is 31.9 Å². The van der Waals surface area contributed by atoms with Gasteiger partial charge in [-0.3, -0.25) is 0 Å². The van der Waals surface area contributed by atoms with Gasteiger partial charge in [0.05, 0.1) is 0 Å². The molecule has 1 unspecified atom stereocenters. The maximum atomic E-state index is 4.39. The number of hydrogen-bond donors (Lipinski definition) is 2. The Balaban J connectivity index is 1.98. The summed E-state index contributed by atoms with van der Waals surface area (Å²) >= 11 is 0. The molecule has 1 aromatic heterocycles. The lowest BCUT2D eigenvalue weighted by Gasteiger charge is -2.14. The monoisotopic (exact) mass is 220 g/mol. The molecule has 0 aromatic carbocycles. The van der Waals surface area contributed by atoms with E-state index in [1.54, 1.807) is 0 Å². The zero-order chi connectivity index (χ0) is 11.5. The third-order valence-corrected chi connectivity index (χ3v) is 2.86. The molecule has 0 amide bonds. The molecule has 1 atom stereocenters. The SMILES string of the molecule is CNc1nc(C)cc(NC(C)CC2CC2)n1. The van der Waals surface area contributed by atoms with Gasteiger partial charge >= 0.3 is 0 Å². The fourth-order valence-corrected chi connectivity index (χ4v) is 1.92. The Morgan fingerprint density at radius 3 is 2.81 bits per heavy atom. The molecule has 1 aromatic rings. The molecule has 1 fully saturated rings. The molecular formula is C12H20N4. The minimum atomic E-state index is 0.492. The lowest BCUT2D eigenvalue weighted by Crippen LogP contribution is -2.17. The van der Waals surface area contributed by atoms with Crippen molar-refractivity contribution in [3.8, 4) is 0 Å². The van der Waals surface area contributed by atoms with E-state index < -0.39 is 0 Å². The highest BCUT2D eigenvalue weighted by Gasteiger charge is 2.23. The van der Waals surface area contributed by atoms with E-state index in [-0.39, 0.29) is 0 Å². The Hall–Kier alpha value is -1.32. The van der Waals surface area contributed by atoms with Crippen molar-refractivity contribution in [2.24, 2.45) is 5.92 Å². The van der Waals surface area contributed by atoms with E-state index in [4.69, 9.17) is 0 Å². The van der Waals surface area contributed by atoms with Crippen molar-refractivity contribution in [1.29, 1.82) is 0 Å². The molecule has 2 N–H and O–H groups in total. The standard InChI is InChI=1S/C12H20N4/c1-8(6-10-4-5-10)14-11-7-9(2)15-12(13-3)16-11/h7-8,10H,4-6H2,1-3H3,(H2,13,14,15,16). The summed E-state index contributed by atoms with van der Waals surface area (Å²) in [4.78, 5) is 8.66. The van der Waals surface area contributed by atoms with Crippen LogP contribution in [0.2, 0.25) is 0 Å². The summed E-state index contributed by atoms with van der Waals surface area (Å²) in [7, 11) is 1.84. The van der Waals surface area contributed by atoms with Crippen LogP contribution in [0.3, 0.4) is 0 Å². The van der Waals surface area contributed by atoms with Crippen LogP contribution >= 0.6 is 0 Å². The molecule has 1 heterocycles. The second kappa shape index (κ2) is 4.68. The fraction of sp³-hybridized carbons (Fsp3) is 0.667. The van der Waals surface area contributed by atoms with E-state index in [0.29, 0.717) is 12.0 Å². The van der Waals surface area contributed by atoms with Crippen molar-refractivity contribution in [3.63, 3.8) is 0 Å². The van der Waals surface area contributed by atoms with Gasteiger partial charge in [0.25, 0.3) is 0 Å². The maximum Gasteiger partial charge on any atom is 0.224 e. The Labute approximate surface area is 96.9 Å². The van der Waals surface area contributed by atoms with Gasteiger partial charge in [-0.15, -0.1) is 0 Å². The fourth-order valence-electron chi connectivity index (χ4n) is 1.92. The topological polar surface area (TPSA) is 49.8 Å². The second-order valence-electron chi connectivity index (χ2n) is 4.69. The number of hydrogen-bond acceptors (Lipinski definition) is 4. The molecule has 4 heteroatoms. The molecule has 88 valence electrons. The number of nitrogens with zero attached hydrogens (tertiary/aromatic N) is 2. The number of anilines is 2. The van der Waals surface area contributed by atoms with Crippen LogP contribution in [0, 0.1) is 12.8 Å². The zero-order valence-corrected chi connectivity index (χ0v) is 10.2. The van der Waals surface area contributed by atoms with Crippen LogP contribution in [-0.2, 0) is 0 Å². The Morgan fingerprint density at radius 1 is 1.44 bits per heavy atom. The van der Waals surface area contributed by atoms with Gasteiger partial charge < -0.3 is 10.6 Å². The number of nitrogens with one attached hydrogen (secondary N) is 2. The van der Waals surface area contributed by atoms with Crippen LogP contribution in [0.5, 0.6) is 0 Å². The smallest absolute Gasteiger partial charge is 0.224 e. The van der Waals surface area contributed by atoms with E-state index in [2.05, 4.69) is 27.5 Å². The first-order valence-corrected chi connectivity index (χ1v) is 5.97. The quantitative estimate of drug-likeness (QED) is 0.800. The molecule has 1 saturated carbocycles. The molecule has 16 heavy (non-hydrogen) atoms. The van der Waals surface area contributed by atoms with Crippen molar-refractivity contribution in [3.05, 3.63) is 11.8 Å². The molecule has 2 rings (SSSR count). The van der Waals surface area contributed by atoms with Gasteiger partial charge in [0.15, 0.2) is 0 Å². The molecule has 0 aliphatic heterocycles. The van der Waals surface area contributed by atoms with Crippen molar-refractivity contribution < 1.29 is 0 Å². The summed E-state index contributed by atoms with van der Waals surface area (Å²) in [6.45, 7) is 4.20. The van der Waals surface area contributed by atoms with E-state index in [0.717, 1.165) is 17.4 Å². The normalized spacial score (nSPS) is 16.9. The number of rotatable bonds is 5. The number of aryl methyl sites for hydroxylation is 1. The van der Waals surface area contributed by atoms with Crippen LogP contribution in [-0.4, -0.2) is 23.1 Å². The summed E-state index contributed by atoms with van der Waals surface area (Å²) in [5.41, 5.74) is 0.987. The lowest BCUT2D eigenvalue weighted by atomic mass is 10.1. The maximum absolute atomic E-state index is 4.39. The summed E-state index contributed by atoms with van der Waals surface area (Å²) in [5, 5.41) is 6.41. The van der Waals surface area contributed by atoms with Gasteiger partial charge in [0.1, 0.15) is 5.82 Å². The third-order valence-electron chi connectivity index (χ3n) is 2.86. The van der Waals surface area contributed by atoms with Crippen molar-refractivity contribution in [1.82, 2.24) is 9.97 Å². The molecule has 0 spiro atoms. The van der Waals surface area contributed by atoms with Crippen LogP contribution in [0.15, 0.2) is 6.07 Å². The molecular weight excluding hydrogens is 200 g/mol. The molecule has 4 nitrogen and oxygen atoms in total. The average molecular weight is 220 g/mol. The van der Waals surface area contributed by atoms with Gasteiger partial charge in [-0.2, -0.15) is 4.98 Å². The van der Waals surface area contributed by atoms with Crippen LogP contribution in [0.25, 0.3) is 0 Å². The van der Waals surface area contributed by atoms with Gasteiger partial charge in [0.2, 0.25) is 5.95 Å². The predicted molar refractivity (Wildman–Crippen MR) is 66.7 cm³/mol. The summed E-state index contributed by atoms with van der Waals surface area (Å²) in [6.07, 6.45) is 4.05. The predicted octanol–water partition coefficient (Wildman–Crippen LogP) is 2.43. The first kappa shape index (κ1) is 11.2. The highest BCUT2D eigenvalue weighted by molar-refractivity contribution is 5.42. The largest absolute Gasteiger partial charge is 0.367 e. The minimum Gasteiger partial charge on any atom is -0.367 e. The van der Waals surface area contributed by atoms with Crippen LogP contribution in [0.4, 0.5) is 11.8 Å². The summed E-state index contributed by atoms with van der Waals surface area (Å²) < 4.78 is 0. The highest BCUT2D eigenvalue weighted by atomic mass is 15.1. The zero-order valence-electron chi connectivity index (χ0n) is 10.2. The molecule has 1 aliphatic carbocycles. The van der Waals surface area contributed by atoms with Gasteiger partial charge in [-0.25, -0.2) is 4.98 Å². The van der Waals surface area contributed by atoms with Crippen molar-refractivity contribution in [2.75, 3.05) is 17.7 Å². The van der Waals surface area contributed by atoms with Gasteiger partial charge in [-0.05, 0) is 26.2 Å². The van der Waals surface area contributed by atoms with E-state index >= 15 is 0 Å². The first-order chi connectivity index (χ1) is 7.67. The molecule has 1 aliphatic rings. The Morgan fingerprint density at radius 2 is 2.19 bits per heavy atom. The summed E-state index contributed by atoms with van der Waals surface area (Å²) in [6, 6.07) is 2.48. The van der Waals surface area contributed by atoms with E-state index in [1.165, 1.54) is 19.3 Å². The molecule has 0 bridgehead atoms. The third kappa shape index (κ3) is 3.08. The van der Waals surface area contributed by atoms with Gasteiger partial charge in [0, 0.05) is 24.8 Å². The Kier molecular flexibility index (Phi) is 3.27. The van der Waals surface area contributed by atoms with Gasteiger partial charge in [-0.1, -0.05) is 12.8 Å². The first-order valence-electron chi connectivity index (χ1n) is 5.97. The second-order valence-corrected chi connectivity index (χ2v) is 4.69. The van der Waals surface area contributed by atoms with Crippen molar-refractivity contribution in [2.45, 2.75) is 39.2 Å². The van der Waals surface area contributed by atoms with Crippen molar-refractivity contribution >= 4 is 11.8 Å². The van der Waals surface area contributed by atoms with Crippen LogP contribution < -0.4 is 10.6 Å². The highest BCUT2D eigenvalue weighted by Crippen LogP contribution is 2.33. The summed E-state index contributed by atoms with van der Waals surface area (Å²) in [5.74, 6) is 2.54. The van der Waals surface area contributed by atoms with E-state index in [1.807, 2.05) is 20.0 Å². The average Bonchev–Trinajstić information content (AvgIpc) is 3.00. The molecule has 0 radical (unpaired) electrons. The van der Waals surface area contributed by atoms with E-state index in [9.17, 15) is 0 Å². The number of aromatic nitrogens is 2. The lowest BCUT2D eigenvalue weighted by molar-refractivity contribution is 0.640. The minimum absolute atomic E-state index is 0.492. The molecule has 0 saturated heterocycles.